The van der Waals surface area contributed by atoms with Crippen LogP contribution in [0, 0.1) is 0 Å². The number of benzene rings is 3. The summed E-state index contributed by atoms with van der Waals surface area (Å²) >= 11 is 11.1. The average Bonchev–Trinajstić information content (AvgIpc) is 3.21. The van der Waals surface area contributed by atoms with Crippen molar-refractivity contribution in [3.05, 3.63) is 81.8 Å². The number of amides is 2. The lowest BCUT2D eigenvalue weighted by molar-refractivity contribution is -0.118. The second-order valence-electron chi connectivity index (χ2n) is 7.37. The summed E-state index contributed by atoms with van der Waals surface area (Å²) in [6, 6.07) is 20.1. The van der Waals surface area contributed by atoms with Crippen LogP contribution in [0.15, 0.2) is 71.2 Å². The Kier molecular flexibility index (Phi) is 8.03. The highest BCUT2D eigenvalue weighted by Crippen LogP contribution is 2.46. The molecule has 0 aromatic heterocycles. The number of anilines is 2. The van der Waals surface area contributed by atoms with E-state index in [0.29, 0.717) is 39.0 Å². The molecule has 0 saturated carbocycles. The van der Waals surface area contributed by atoms with Crippen molar-refractivity contribution in [2.45, 2.75) is 12.3 Å². The summed E-state index contributed by atoms with van der Waals surface area (Å²) in [4.78, 5) is 26.8. The lowest BCUT2D eigenvalue weighted by Crippen LogP contribution is -2.27. The number of carbonyl (C=O) groups is 2. The second-order valence-corrected chi connectivity index (χ2v) is 9.73. The standard InChI is InChI=1S/C25H22BrClN2O4S/c1-2-32-21-13-16(25-29(23(31)15-34-25)19-10-8-17(27)9-11-19)12-20(26)24(21)33-14-22(30)28-18-6-4-3-5-7-18/h3-13,25H,2,14-15H2,1H3,(H,28,30)/t25-/m0/s1. The number of halogens is 2. The van der Waals surface area contributed by atoms with E-state index in [0.717, 1.165) is 11.3 Å². The first kappa shape index (κ1) is 24.4. The molecule has 1 saturated heterocycles. The molecule has 3 aromatic carbocycles. The van der Waals surface area contributed by atoms with Crippen LogP contribution in [0.3, 0.4) is 0 Å². The van der Waals surface area contributed by atoms with E-state index in [1.54, 1.807) is 29.2 Å². The van der Waals surface area contributed by atoms with E-state index >= 15 is 0 Å². The predicted octanol–water partition coefficient (Wildman–Crippen LogP) is 6.30. The maximum atomic E-state index is 12.7. The molecular formula is C25H22BrClN2O4S. The van der Waals surface area contributed by atoms with Gasteiger partial charge in [0.25, 0.3) is 5.91 Å². The molecule has 3 aromatic rings. The summed E-state index contributed by atoms with van der Waals surface area (Å²) in [5.41, 5.74) is 2.35. The van der Waals surface area contributed by atoms with Gasteiger partial charge in [-0.3, -0.25) is 14.5 Å². The number of nitrogens with one attached hydrogen (secondary N) is 1. The number of ether oxygens (including phenoxy) is 2. The first-order chi connectivity index (χ1) is 16.5. The topological polar surface area (TPSA) is 67.9 Å². The monoisotopic (exact) mass is 560 g/mol. The van der Waals surface area contributed by atoms with E-state index in [1.165, 1.54) is 11.8 Å². The van der Waals surface area contributed by atoms with Crippen molar-refractivity contribution in [3.8, 4) is 11.5 Å². The van der Waals surface area contributed by atoms with Crippen LogP contribution in [0.1, 0.15) is 17.9 Å². The van der Waals surface area contributed by atoms with E-state index in [9.17, 15) is 9.59 Å². The number of para-hydroxylation sites is 1. The van der Waals surface area contributed by atoms with Crippen LogP contribution in [0.4, 0.5) is 11.4 Å². The van der Waals surface area contributed by atoms with Crippen LogP contribution in [0.5, 0.6) is 11.5 Å². The first-order valence-corrected chi connectivity index (χ1v) is 12.8. The minimum atomic E-state index is -0.282. The van der Waals surface area contributed by atoms with Crippen LogP contribution in [0.2, 0.25) is 5.02 Å². The molecule has 0 spiro atoms. The molecule has 0 radical (unpaired) electrons. The Labute approximate surface area is 215 Å². The van der Waals surface area contributed by atoms with Gasteiger partial charge in [-0.05, 0) is 76.9 Å². The van der Waals surface area contributed by atoms with Crippen molar-refractivity contribution in [2.24, 2.45) is 0 Å². The Morgan fingerprint density at radius 2 is 1.88 bits per heavy atom. The summed E-state index contributed by atoms with van der Waals surface area (Å²) in [6.45, 7) is 2.11. The number of hydrogen-bond donors (Lipinski definition) is 1. The first-order valence-electron chi connectivity index (χ1n) is 10.6. The van der Waals surface area contributed by atoms with Gasteiger partial charge >= 0.3 is 0 Å². The van der Waals surface area contributed by atoms with E-state index < -0.39 is 0 Å². The van der Waals surface area contributed by atoms with E-state index in [-0.39, 0.29) is 23.8 Å². The predicted molar refractivity (Wildman–Crippen MR) is 140 cm³/mol. The van der Waals surface area contributed by atoms with Crippen molar-refractivity contribution in [3.63, 3.8) is 0 Å². The lowest BCUT2D eigenvalue weighted by atomic mass is 10.1. The van der Waals surface area contributed by atoms with Gasteiger partial charge in [0.15, 0.2) is 18.1 Å². The lowest BCUT2D eigenvalue weighted by Gasteiger charge is -2.25. The average molecular weight is 562 g/mol. The molecule has 1 atom stereocenters. The van der Waals surface area contributed by atoms with Gasteiger partial charge in [-0.1, -0.05) is 29.8 Å². The Hall–Kier alpha value is -2.68. The van der Waals surface area contributed by atoms with Crippen LogP contribution in [-0.2, 0) is 9.59 Å². The normalized spacial score (nSPS) is 15.3. The summed E-state index contributed by atoms with van der Waals surface area (Å²) in [5, 5.41) is 3.17. The smallest absolute Gasteiger partial charge is 0.262 e. The number of carbonyl (C=O) groups excluding carboxylic acids is 2. The fourth-order valence-electron chi connectivity index (χ4n) is 3.54. The van der Waals surface area contributed by atoms with E-state index in [2.05, 4.69) is 21.2 Å². The molecule has 1 fully saturated rings. The van der Waals surface area contributed by atoms with Gasteiger partial charge in [-0.25, -0.2) is 0 Å². The van der Waals surface area contributed by atoms with E-state index in [4.69, 9.17) is 21.1 Å². The fraction of sp³-hybridized carbons (Fsp3) is 0.200. The van der Waals surface area contributed by atoms with Gasteiger partial charge in [0.1, 0.15) is 5.37 Å². The molecule has 0 aliphatic carbocycles. The summed E-state index contributed by atoms with van der Waals surface area (Å²) in [6.07, 6.45) is 0. The molecule has 1 aliphatic rings. The van der Waals surface area contributed by atoms with Crippen molar-refractivity contribution in [2.75, 3.05) is 29.2 Å². The Balaban J connectivity index is 1.56. The minimum absolute atomic E-state index is 0.0179. The number of hydrogen-bond acceptors (Lipinski definition) is 5. The molecule has 1 N–H and O–H groups in total. The van der Waals surface area contributed by atoms with Crippen molar-refractivity contribution >= 4 is 62.5 Å². The molecule has 4 rings (SSSR count). The highest BCUT2D eigenvalue weighted by atomic mass is 79.9. The number of rotatable bonds is 8. The zero-order valence-electron chi connectivity index (χ0n) is 18.3. The fourth-order valence-corrected chi connectivity index (χ4v) is 5.40. The minimum Gasteiger partial charge on any atom is -0.490 e. The number of nitrogens with zero attached hydrogens (tertiary/aromatic N) is 1. The maximum Gasteiger partial charge on any atom is 0.262 e. The molecule has 176 valence electrons. The molecule has 0 unspecified atom stereocenters. The second kappa shape index (κ2) is 11.2. The molecule has 2 amide bonds. The maximum absolute atomic E-state index is 12.7. The third kappa shape index (κ3) is 5.68. The van der Waals surface area contributed by atoms with Gasteiger partial charge in [0, 0.05) is 16.4 Å². The Bertz CT molecular complexity index is 1180. The summed E-state index contributed by atoms with van der Waals surface area (Å²) in [5.74, 6) is 1.03. The highest BCUT2D eigenvalue weighted by Gasteiger charge is 2.35. The van der Waals surface area contributed by atoms with Crippen LogP contribution < -0.4 is 19.7 Å². The van der Waals surface area contributed by atoms with Gasteiger partial charge in [0.05, 0.1) is 16.8 Å². The third-order valence-electron chi connectivity index (χ3n) is 4.99. The van der Waals surface area contributed by atoms with Crippen LogP contribution in [-0.4, -0.2) is 30.8 Å². The zero-order valence-corrected chi connectivity index (χ0v) is 21.5. The Morgan fingerprint density at radius 3 is 2.59 bits per heavy atom. The van der Waals surface area contributed by atoms with Gasteiger partial charge in [0.2, 0.25) is 5.91 Å². The molecular weight excluding hydrogens is 540 g/mol. The number of thioether (sulfide) groups is 1. The molecule has 34 heavy (non-hydrogen) atoms. The highest BCUT2D eigenvalue weighted by molar-refractivity contribution is 9.10. The molecule has 1 heterocycles. The van der Waals surface area contributed by atoms with Gasteiger partial charge in [-0.2, -0.15) is 0 Å². The van der Waals surface area contributed by atoms with Crippen LogP contribution >= 0.6 is 39.3 Å². The molecule has 1 aliphatic heterocycles. The summed E-state index contributed by atoms with van der Waals surface area (Å²) in [7, 11) is 0. The van der Waals surface area contributed by atoms with Crippen molar-refractivity contribution < 1.29 is 19.1 Å². The quantitative estimate of drug-likeness (QED) is 0.350. The van der Waals surface area contributed by atoms with Crippen molar-refractivity contribution in [1.29, 1.82) is 0 Å². The summed E-state index contributed by atoms with van der Waals surface area (Å²) < 4.78 is 12.3. The van der Waals surface area contributed by atoms with E-state index in [1.807, 2.05) is 49.4 Å². The SMILES string of the molecule is CCOc1cc([C@@H]2SCC(=O)N2c2ccc(Cl)cc2)cc(Br)c1OCC(=O)Nc1ccccc1. The van der Waals surface area contributed by atoms with Gasteiger partial charge < -0.3 is 14.8 Å². The largest absolute Gasteiger partial charge is 0.490 e. The van der Waals surface area contributed by atoms with Gasteiger partial charge in [-0.15, -0.1) is 11.8 Å². The molecule has 9 heteroatoms. The van der Waals surface area contributed by atoms with Crippen LogP contribution in [0.25, 0.3) is 0 Å². The zero-order chi connectivity index (χ0) is 24.1. The Morgan fingerprint density at radius 1 is 1.15 bits per heavy atom. The van der Waals surface area contributed by atoms with Crippen molar-refractivity contribution in [1.82, 2.24) is 0 Å². The molecule has 6 nitrogen and oxygen atoms in total. The third-order valence-corrected chi connectivity index (χ3v) is 7.05. The molecule has 0 bridgehead atoms.